The minimum atomic E-state index is -0.100. The van der Waals surface area contributed by atoms with Gasteiger partial charge >= 0.3 is 0 Å². The Morgan fingerprint density at radius 2 is 2.26 bits per heavy atom. The Kier molecular flexibility index (Phi) is 5.79. The molecule has 0 spiro atoms. The van der Waals surface area contributed by atoms with Crippen LogP contribution in [0.2, 0.25) is 0 Å². The van der Waals surface area contributed by atoms with Crippen molar-refractivity contribution in [3.05, 3.63) is 34.1 Å². The number of rotatable bonds is 6. The SMILES string of the molecule is CN(CCc1cc(Br)ccc1F)CCC1CCNC1. The Bertz CT molecular complexity index is 405. The minimum Gasteiger partial charge on any atom is -0.316 e. The van der Waals surface area contributed by atoms with Crippen molar-refractivity contribution < 1.29 is 4.39 Å². The van der Waals surface area contributed by atoms with Gasteiger partial charge in [-0.25, -0.2) is 4.39 Å². The molecular formula is C15H22BrFN2. The van der Waals surface area contributed by atoms with Gasteiger partial charge in [0.05, 0.1) is 0 Å². The van der Waals surface area contributed by atoms with Crippen LogP contribution in [0.1, 0.15) is 18.4 Å². The molecule has 1 N–H and O–H groups in total. The second-order valence-electron chi connectivity index (χ2n) is 5.44. The molecule has 2 nitrogen and oxygen atoms in total. The standard InChI is InChI=1S/C15H22BrFN2/c1-19(8-5-12-4-7-18-11-12)9-6-13-10-14(16)2-3-15(13)17/h2-3,10,12,18H,4-9,11H2,1H3. The van der Waals surface area contributed by atoms with Crippen LogP contribution in [0.25, 0.3) is 0 Å². The molecule has 19 heavy (non-hydrogen) atoms. The average molecular weight is 329 g/mol. The second kappa shape index (κ2) is 7.36. The molecule has 0 bridgehead atoms. The predicted octanol–water partition coefficient (Wildman–Crippen LogP) is 3.06. The Hall–Kier alpha value is -0.450. The van der Waals surface area contributed by atoms with Crippen molar-refractivity contribution in [2.24, 2.45) is 5.92 Å². The highest BCUT2D eigenvalue weighted by atomic mass is 79.9. The lowest BCUT2D eigenvalue weighted by molar-refractivity contribution is 0.307. The van der Waals surface area contributed by atoms with Crippen molar-refractivity contribution in [3.8, 4) is 0 Å². The van der Waals surface area contributed by atoms with Gasteiger partial charge < -0.3 is 10.2 Å². The topological polar surface area (TPSA) is 15.3 Å². The van der Waals surface area contributed by atoms with E-state index in [1.54, 1.807) is 6.07 Å². The summed E-state index contributed by atoms with van der Waals surface area (Å²) in [5, 5.41) is 3.39. The van der Waals surface area contributed by atoms with Crippen molar-refractivity contribution in [2.75, 3.05) is 33.2 Å². The second-order valence-corrected chi connectivity index (χ2v) is 6.35. The molecule has 0 amide bonds. The van der Waals surface area contributed by atoms with Gasteiger partial charge in [0.2, 0.25) is 0 Å². The van der Waals surface area contributed by atoms with Crippen molar-refractivity contribution in [1.82, 2.24) is 10.2 Å². The first-order valence-electron chi connectivity index (χ1n) is 6.98. The third-order valence-electron chi connectivity index (χ3n) is 3.85. The number of hydrogen-bond acceptors (Lipinski definition) is 2. The van der Waals surface area contributed by atoms with Gasteiger partial charge in [-0.2, -0.15) is 0 Å². The third-order valence-corrected chi connectivity index (χ3v) is 4.35. The van der Waals surface area contributed by atoms with E-state index in [1.165, 1.54) is 18.9 Å². The Labute approximate surface area is 123 Å². The molecule has 1 unspecified atom stereocenters. The fourth-order valence-electron chi connectivity index (χ4n) is 2.52. The quantitative estimate of drug-likeness (QED) is 0.863. The molecule has 0 saturated carbocycles. The smallest absolute Gasteiger partial charge is 0.126 e. The highest BCUT2D eigenvalue weighted by molar-refractivity contribution is 9.10. The molecular weight excluding hydrogens is 307 g/mol. The Morgan fingerprint density at radius 1 is 1.42 bits per heavy atom. The van der Waals surface area contributed by atoms with E-state index < -0.39 is 0 Å². The molecule has 1 fully saturated rings. The van der Waals surface area contributed by atoms with E-state index in [4.69, 9.17) is 0 Å². The summed E-state index contributed by atoms with van der Waals surface area (Å²) in [4.78, 5) is 2.30. The van der Waals surface area contributed by atoms with Crippen LogP contribution in [-0.2, 0) is 6.42 Å². The van der Waals surface area contributed by atoms with Crippen LogP contribution in [0.4, 0.5) is 4.39 Å². The van der Waals surface area contributed by atoms with Crippen LogP contribution in [0.3, 0.4) is 0 Å². The van der Waals surface area contributed by atoms with Gasteiger partial charge in [0, 0.05) is 11.0 Å². The number of likely N-dealkylation sites (N-methyl/N-ethyl adjacent to an activating group) is 1. The van der Waals surface area contributed by atoms with Crippen LogP contribution in [0.15, 0.2) is 22.7 Å². The van der Waals surface area contributed by atoms with E-state index in [2.05, 4.69) is 33.2 Å². The maximum absolute atomic E-state index is 13.6. The van der Waals surface area contributed by atoms with Gasteiger partial charge in [-0.05, 0) is 75.6 Å². The lowest BCUT2D eigenvalue weighted by Crippen LogP contribution is -2.25. The van der Waals surface area contributed by atoms with Crippen LogP contribution < -0.4 is 5.32 Å². The van der Waals surface area contributed by atoms with E-state index in [0.717, 1.165) is 48.6 Å². The zero-order valence-electron chi connectivity index (χ0n) is 11.5. The van der Waals surface area contributed by atoms with Crippen molar-refractivity contribution in [2.45, 2.75) is 19.3 Å². The zero-order valence-corrected chi connectivity index (χ0v) is 13.0. The Morgan fingerprint density at radius 3 is 3.00 bits per heavy atom. The van der Waals surface area contributed by atoms with E-state index in [-0.39, 0.29) is 5.82 Å². The summed E-state index contributed by atoms with van der Waals surface area (Å²) in [6.07, 6.45) is 3.31. The summed E-state index contributed by atoms with van der Waals surface area (Å²) in [6, 6.07) is 5.16. The fraction of sp³-hybridized carbons (Fsp3) is 0.600. The monoisotopic (exact) mass is 328 g/mol. The van der Waals surface area contributed by atoms with Crippen LogP contribution in [-0.4, -0.2) is 38.1 Å². The number of nitrogens with zero attached hydrogens (tertiary/aromatic N) is 1. The summed E-state index contributed by atoms with van der Waals surface area (Å²) < 4.78 is 14.6. The summed E-state index contributed by atoms with van der Waals surface area (Å²) in [6.45, 7) is 4.33. The molecule has 1 aromatic carbocycles. The normalized spacial score (nSPS) is 19.3. The largest absolute Gasteiger partial charge is 0.316 e. The fourth-order valence-corrected chi connectivity index (χ4v) is 2.93. The first-order valence-corrected chi connectivity index (χ1v) is 7.77. The number of benzene rings is 1. The molecule has 1 aliphatic heterocycles. The molecule has 0 aromatic heterocycles. The molecule has 4 heteroatoms. The number of halogens is 2. The first-order chi connectivity index (χ1) is 9.15. The van der Waals surface area contributed by atoms with Crippen molar-refractivity contribution in [1.29, 1.82) is 0 Å². The highest BCUT2D eigenvalue weighted by Gasteiger charge is 2.14. The molecule has 0 radical (unpaired) electrons. The molecule has 1 saturated heterocycles. The van der Waals surface area contributed by atoms with Gasteiger partial charge in [-0.15, -0.1) is 0 Å². The molecule has 1 atom stereocenters. The van der Waals surface area contributed by atoms with E-state index >= 15 is 0 Å². The van der Waals surface area contributed by atoms with Gasteiger partial charge in [0.15, 0.2) is 0 Å². The highest BCUT2D eigenvalue weighted by Crippen LogP contribution is 2.17. The number of hydrogen-bond donors (Lipinski definition) is 1. The number of nitrogens with one attached hydrogen (secondary N) is 1. The molecule has 1 aromatic rings. The molecule has 2 rings (SSSR count). The van der Waals surface area contributed by atoms with E-state index in [9.17, 15) is 4.39 Å². The summed E-state index contributed by atoms with van der Waals surface area (Å²) in [5.74, 6) is 0.724. The van der Waals surface area contributed by atoms with Gasteiger partial charge in [-0.1, -0.05) is 15.9 Å². The molecule has 106 valence electrons. The van der Waals surface area contributed by atoms with Gasteiger partial charge in [0.25, 0.3) is 0 Å². The minimum absolute atomic E-state index is 0.100. The summed E-state index contributed by atoms with van der Waals surface area (Å²) >= 11 is 3.39. The molecule has 1 aliphatic rings. The lowest BCUT2D eigenvalue weighted by Gasteiger charge is -2.18. The lowest BCUT2D eigenvalue weighted by atomic mass is 10.0. The van der Waals surface area contributed by atoms with Crippen LogP contribution in [0.5, 0.6) is 0 Å². The van der Waals surface area contributed by atoms with Gasteiger partial charge in [0.1, 0.15) is 5.82 Å². The van der Waals surface area contributed by atoms with Crippen LogP contribution in [0, 0.1) is 11.7 Å². The summed E-state index contributed by atoms with van der Waals surface area (Å²) in [7, 11) is 2.12. The first kappa shape index (κ1) is 14.9. The van der Waals surface area contributed by atoms with E-state index in [0.29, 0.717) is 0 Å². The van der Waals surface area contributed by atoms with Gasteiger partial charge in [-0.3, -0.25) is 0 Å². The maximum atomic E-state index is 13.6. The van der Waals surface area contributed by atoms with Crippen LogP contribution >= 0.6 is 15.9 Å². The molecule has 0 aliphatic carbocycles. The van der Waals surface area contributed by atoms with Crippen molar-refractivity contribution >= 4 is 15.9 Å². The molecule has 1 heterocycles. The zero-order chi connectivity index (χ0) is 13.7. The Balaban J connectivity index is 1.73. The third kappa shape index (κ3) is 4.86. The summed E-state index contributed by atoms with van der Waals surface area (Å²) in [5.41, 5.74) is 0.795. The van der Waals surface area contributed by atoms with Crippen molar-refractivity contribution in [3.63, 3.8) is 0 Å². The maximum Gasteiger partial charge on any atom is 0.126 e. The van der Waals surface area contributed by atoms with E-state index in [1.807, 2.05) is 6.07 Å². The average Bonchev–Trinajstić information content (AvgIpc) is 2.90. The predicted molar refractivity (Wildman–Crippen MR) is 80.9 cm³/mol.